The third kappa shape index (κ3) is 4.06. The van der Waals surface area contributed by atoms with Gasteiger partial charge in [-0.15, -0.1) is 23.1 Å². The van der Waals surface area contributed by atoms with Crippen molar-refractivity contribution in [2.75, 3.05) is 16.8 Å². The average Bonchev–Trinajstić information content (AvgIpc) is 3.15. The van der Waals surface area contributed by atoms with Gasteiger partial charge in [0.25, 0.3) is 0 Å². The van der Waals surface area contributed by atoms with E-state index in [2.05, 4.69) is 5.32 Å². The smallest absolute Gasteiger partial charge is 0.235 e. The van der Waals surface area contributed by atoms with Crippen molar-refractivity contribution in [3.8, 4) is 6.07 Å². The SMILES string of the molecule is N#CCSCC(=O)Nc1sc2c(c1C(=O)c1cccc(Cl)c1)CCC2. The number of amides is 1. The molecule has 1 aliphatic carbocycles. The largest absolute Gasteiger partial charge is 0.316 e. The number of benzene rings is 1. The van der Waals surface area contributed by atoms with Crippen molar-refractivity contribution < 1.29 is 9.59 Å². The molecule has 1 aromatic heterocycles. The van der Waals surface area contributed by atoms with Crippen molar-refractivity contribution in [3.05, 3.63) is 50.9 Å². The molecule has 0 radical (unpaired) electrons. The van der Waals surface area contributed by atoms with E-state index in [0.717, 1.165) is 24.8 Å². The molecule has 1 N–H and O–H groups in total. The number of carbonyl (C=O) groups excluding carboxylic acids is 2. The molecule has 1 aromatic carbocycles. The number of nitrogens with zero attached hydrogens (tertiary/aromatic N) is 1. The summed E-state index contributed by atoms with van der Waals surface area (Å²) >= 11 is 8.75. The Hall–Kier alpha value is -1.81. The lowest BCUT2D eigenvalue weighted by molar-refractivity contribution is -0.113. The van der Waals surface area contributed by atoms with Crippen LogP contribution in [0.1, 0.15) is 32.8 Å². The van der Waals surface area contributed by atoms with Crippen LogP contribution in [0.15, 0.2) is 24.3 Å². The van der Waals surface area contributed by atoms with Gasteiger partial charge in [-0.3, -0.25) is 9.59 Å². The van der Waals surface area contributed by atoms with Gasteiger partial charge in [0.15, 0.2) is 5.78 Å². The summed E-state index contributed by atoms with van der Waals surface area (Å²) in [5.74, 6) is 0.158. The zero-order valence-corrected chi connectivity index (χ0v) is 15.7. The van der Waals surface area contributed by atoms with Gasteiger partial charge in [-0.25, -0.2) is 0 Å². The van der Waals surface area contributed by atoms with Gasteiger partial charge in [0.2, 0.25) is 5.91 Å². The molecule has 0 saturated heterocycles. The number of nitriles is 1. The second kappa shape index (κ2) is 8.05. The highest BCUT2D eigenvalue weighted by Crippen LogP contribution is 2.40. The van der Waals surface area contributed by atoms with Gasteiger partial charge in [0, 0.05) is 15.5 Å². The van der Waals surface area contributed by atoms with Crippen molar-refractivity contribution >= 4 is 51.4 Å². The number of carbonyl (C=O) groups is 2. The van der Waals surface area contributed by atoms with E-state index < -0.39 is 0 Å². The standard InChI is InChI=1S/C18H15ClN2O2S2/c19-12-4-1-3-11(9-12)17(23)16-13-5-2-6-14(13)25-18(16)21-15(22)10-24-8-7-20/h1,3-4,9H,2,5-6,8,10H2,(H,21,22). The van der Waals surface area contributed by atoms with Crippen LogP contribution in [-0.4, -0.2) is 23.2 Å². The second-order valence-corrected chi connectivity index (χ2v) is 8.13. The molecule has 1 aliphatic rings. The van der Waals surface area contributed by atoms with Gasteiger partial charge in [-0.2, -0.15) is 5.26 Å². The molecule has 128 valence electrons. The summed E-state index contributed by atoms with van der Waals surface area (Å²) in [4.78, 5) is 26.3. The topological polar surface area (TPSA) is 70.0 Å². The molecule has 1 heterocycles. The molecule has 0 fully saturated rings. The van der Waals surface area contributed by atoms with Crippen LogP contribution in [0.2, 0.25) is 5.02 Å². The number of halogens is 1. The molecule has 3 rings (SSSR count). The first-order valence-corrected chi connectivity index (χ1v) is 10.1. The predicted octanol–water partition coefficient (Wildman–Crippen LogP) is 4.32. The highest BCUT2D eigenvalue weighted by atomic mass is 35.5. The lowest BCUT2D eigenvalue weighted by atomic mass is 10.0. The van der Waals surface area contributed by atoms with Crippen LogP contribution in [0.25, 0.3) is 0 Å². The first-order valence-electron chi connectivity index (χ1n) is 7.79. The number of thiophene rings is 1. The summed E-state index contributed by atoms with van der Waals surface area (Å²) in [5, 5.41) is 12.5. The summed E-state index contributed by atoms with van der Waals surface area (Å²) in [5.41, 5.74) is 2.17. The van der Waals surface area contributed by atoms with Crippen molar-refractivity contribution in [2.45, 2.75) is 19.3 Å². The molecular weight excluding hydrogens is 376 g/mol. The van der Waals surface area contributed by atoms with Crippen LogP contribution in [0.5, 0.6) is 0 Å². The molecular formula is C18H15ClN2O2S2. The fourth-order valence-corrected chi connectivity index (χ4v) is 4.80. The monoisotopic (exact) mass is 390 g/mol. The minimum atomic E-state index is -0.194. The van der Waals surface area contributed by atoms with E-state index in [1.54, 1.807) is 24.3 Å². The molecule has 0 aliphatic heterocycles. The maximum Gasteiger partial charge on any atom is 0.235 e. The number of nitrogens with one attached hydrogen (secondary N) is 1. The number of anilines is 1. The Morgan fingerprint density at radius 1 is 1.36 bits per heavy atom. The molecule has 0 bridgehead atoms. The Labute approximate surface area is 159 Å². The van der Waals surface area contributed by atoms with E-state index in [-0.39, 0.29) is 23.2 Å². The Balaban J connectivity index is 1.89. The highest BCUT2D eigenvalue weighted by Gasteiger charge is 2.28. The summed E-state index contributed by atoms with van der Waals surface area (Å²) in [6.45, 7) is 0. The van der Waals surface area contributed by atoms with Crippen molar-refractivity contribution in [1.82, 2.24) is 0 Å². The zero-order valence-electron chi connectivity index (χ0n) is 13.3. The minimum absolute atomic E-state index is 0.109. The van der Waals surface area contributed by atoms with E-state index in [1.807, 2.05) is 6.07 Å². The van der Waals surface area contributed by atoms with Gasteiger partial charge < -0.3 is 5.32 Å². The Morgan fingerprint density at radius 2 is 2.20 bits per heavy atom. The fourth-order valence-electron chi connectivity index (χ4n) is 2.86. The third-order valence-electron chi connectivity index (χ3n) is 3.89. The fraction of sp³-hybridized carbons (Fsp3) is 0.278. The van der Waals surface area contributed by atoms with Crippen LogP contribution in [-0.2, 0) is 17.6 Å². The molecule has 2 aromatic rings. The molecule has 0 spiro atoms. The summed E-state index contributed by atoms with van der Waals surface area (Å²) < 4.78 is 0. The van der Waals surface area contributed by atoms with E-state index in [1.165, 1.54) is 28.0 Å². The van der Waals surface area contributed by atoms with Crippen LogP contribution in [0, 0.1) is 11.3 Å². The maximum atomic E-state index is 13.0. The number of ketones is 1. The summed E-state index contributed by atoms with van der Waals surface area (Å²) in [6, 6.07) is 8.86. The number of hydrogen-bond acceptors (Lipinski definition) is 5. The molecule has 0 atom stereocenters. The lowest BCUT2D eigenvalue weighted by Crippen LogP contribution is -2.16. The molecule has 25 heavy (non-hydrogen) atoms. The van der Waals surface area contributed by atoms with Crippen molar-refractivity contribution in [2.24, 2.45) is 0 Å². The highest BCUT2D eigenvalue weighted by molar-refractivity contribution is 8.00. The zero-order chi connectivity index (χ0) is 17.8. The van der Waals surface area contributed by atoms with Crippen LogP contribution in [0.4, 0.5) is 5.00 Å². The maximum absolute atomic E-state index is 13.0. The Bertz CT molecular complexity index is 870. The van der Waals surface area contributed by atoms with Gasteiger partial charge >= 0.3 is 0 Å². The van der Waals surface area contributed by atoms with Crippen molar-refractivity contribution in [3.63, 3.8) is 0 Å². The number of thioether (sulfide) groups is 1. The third-order valence-corrected chi connectivity index (χ3v) is 6.13. The first-order chi connectivity index (χ1) is 12.1. The minimum Gasteiger partial charge on any atom is -0.316 e. The van der Waals surface area contributed by atoms with Crippen LogP contribution in [0.3, 0.4) is 0 Å². The molecule has 0 unspecified atom stereocenters. The quantitative estimate of drug-likeness (QED) is 0.589. The number of fused-ring (bicyclic) bond motifs is 1. The second-order valence-electron chi connectivity index (χ2n) is 5.60. The molecule has 7 heteroatoms. The Kier molecular flexibility index (Phi) is 5.79. The average molecular weight is 391 g/mol. The van der Waals surface area contributed by atoms with E-state index >= 15 is 0 Å². The van der Waals surface area contributed by atoms with Gasteiger partial charge in [-0.05, 0) is 37.0 Å². The lowest BCUT2D eigenvalue weighted by Gasteiger charge is -2.08. The van der Waals surface area contributed by atoms with Gasteiger partial charge in [-0.1, -0.05) is 23.7 Å². The van der Waals surface area contributed by atoms with E-state index in [9.17, 15) is 9.59 Å². The predicted molar refractivity (Wildman–Crippen MR) is 103 cm³/mol. The first kappa shape index (κ1) is 18.0. The molecule has 0 saturated carbocycles. The van der Waals surface area contributed by atoms with E-state index in [4.69, 9.17) is 16.9 Å². The Morgan fingerprint density at radius 3 is 2.96 bits per heavy atom. The van der Waals surface area contributed by atoms with Gasteiger partial charge in [0.05, 0.1) is 23.1 Å². The summed E-state index contributed by atoms with van der Waals surface area (Å²) in [6.07, 6.45) is 2.82. The molecule has 1 amide bonds. The number of hydrogen-bond donors (Lipinski definition) is 1. The van der Waals surface area contributed by atoms with Crippen LogP contribution < -0.4 is 5.32 Å². The number of aryl methyl sites for hydroxylation is 1. The van der Waals surface area contributed by atoms with Crippen molar-refractivity contribution in [1.29, 1.82) is 5.26 Å². The van der Waals surface area contributed by atoms with Crippen LogP contribution >= 0.6 is 34.7 Å². The summed E-state index contributed by atoms with van der Waals surface area (Å²) in [7, 11) is 0. The van der Waals surface area contributed by atoms with E-state index in [0.29, 0.717) is 21.2 Å². The molecule has 4 nitrogen and oxygen atoms in total. The van der Waals surface area contributed by atoms with Gasteiger partial charge in [0.1, 0.15) is 5.00 Å². The number of rotatable bonds is 6. The normalized spacial score (nSPS) is 12.5.